The first kappa shape index (κ1) is 13.2. The molecule has 1 aliphatic rings. The molecule has 0 aromatic heterocycles. The van der Waals surface area contributed by atoms with Gasteiger partial charge in [0.25, 0.3) is 0 Å². The third kappa shape index (κ3) is 2.96. The first-order valence-corrected chi connectivity index (χ1v) is 6.76. The maximum absolute atomic E-state index is 5.94. The molecule has 1 aliphatic heterocycles. The Bertz CT molecular complexity index is 384. The van der Waals surface area contributed by atoms with Gasteiger partial charge in [0.05, 0.1) is 13.2 Å². The van der Waals surface area contributed by atoms with Crippen LogP contribution in [0.4, 0.5) is 0 Å². The van der Waals surface area contributed by atoms with Crippen molar-refractivity contribution in [3.63, 3.8) is 0 Å². The molecule has 1 aromatic rings. The lowest BCUT2D eigenvalue weighted by atomic mass is 9.89. The molecular formula is C15H23NO2. The third-order valence-electron chi connectivity index (χ3n) is 3.36. The largest absolute Gasteiger partial charge is 0.496 e. The van der Waals surface area contributed by atoms with Crippen LogP contribution in [0.15, 0.2) is 18.2 Å². The summed E-state index contributed by atoms with van der Waals surface area (Å²) in [6.45, 7) is 6.27. The van der Waals surface area contributed by atoms with E-state index >= 15 is 0 Å². The average Bonchev–Trinajstić information content (AvgIpc) is 2.38. The van der Waals surface area contributed by atoms with Crippen molar-refractivity contribution in [2.24, 2.45) is 0 Å². The summed E-state index contributed by atoms with van der Waals surface area (Å²) < 4.78 is 11.5. The van der Waals surface area contributed by atoms with Crippen molar-refractivity contribution >= 4 is 0 Å². The van der Waals surface area contributed by atoms with Crippen molar-refractivity contribution in [1.29, 1.82) is 0 Å². The summed E-state index contributed by atoms with van der Waals surface area (Å²) in [7, 11) is 1.74. The standard InChI is InChI=1S/C15H23NO2/c1-11(2)18-14-6-4-5-13(17-3)15(14)12-7-9-16-10-8-12/h4-6,11-12,16H,7-10H2,1-3H3. The SMILES string of the molecule is COc1cccc(OC(C)C)c1C1CCNCC1. The van der Waals surface area contributed by atoms with Gasteiger partial charge in [0.2, 0.25) is 0 Å². The molecule has 18 heavy (non-hydrogen) atoms. The average molecular weight is 249 g/mol. The van der Waals surface area contributed by atoms with Crippen LogP contribution in [0, 0.1) is 0 Å². The summed E-state index contributed by atoms with van der Waals surface area (Å²) in [5.41, 5.74) is 1.25. The van der Waals surface area contributed by atoms with Crippen LogP contribution in [0.5, 0.6) is 11.5 Å². The first-order valence-electron chi connectivity index (χ1n) is 6.76. The highest BCUT2D eigenvalue weighted by Gasteiger charge is 2.23. The molecule has 0 saturated carbocycles. The highest BCUT2D eigenvalue weighted by Crippen LogP contribution is 2.39. The molecule has 0 bridgehead atoms. The number of piperidine rings is 1. The molecular weight excluding hydrogens is 226 g/mol. The number of ether oxygens (including phenoxy) is 2. The molecule has 1 fully saturated rings. The second-order valence-corrected chi connectivity index (χ2v) is 5.06. The maximum atomic E-state index is 5.94. The molecule has 0 atom stereocenters. The normalized spacial score (nSPS) is 16.9. The van der Waals surface area contributed by atoms with E-state index in [9.17, 15) is 0 Å². The Morgan fingerprint density at radius 2 is 1.83 bits per heavy atom. The Morgan fingerprint density at radius 1 is 1.17 bits per heavy atom. The minimum absolute atomic E-state index is 0.192. The summed E-state index contributed by atoms with van der Waals surface area (Å²) in [6.07, 6.45) is 2.49. The quantitative estimate of drug-likeness (QED) is 0.890. The van der Waals surface area contributed by atoms with E-state index in [0.717, 1.165) is 37.4 Å². The summed E-state index contributed by atoms with van der Waals surface area (Å²) in [5.74, 6) is 2.48. The summed E-state index contributed by atoms with van der Waals surface area (Å²) in [5, 5.41) is 3.40. The molecule has 100 valence electrons. The first-order chi connectivity index (χ1) is 8.72. The van der Waals surface area contributed by atoms with Gasteiger partial charge in [0, 0.05) is 5.56 Å². The minimum Gasteiger partial charge on any atom is -0.496 e. The zero-order valence-electron chi connectivity index (χ0n) is 11.5. The summed E-state index contributed by atoms with van der Waals surface area (Å²) in [4.78, 5) is 0. The topological polar surface area (TPSA) is 30.5 Å². The molecule has 3 nitrogen and oxygen atoms in total. The van der Waals surface area contributed by atoms with Crippen LogP contribution in [-0.2, 0) is 0 Å². The molecule has 0 amide bonds. The maximum Gasteiger partial charge on any atom is 0.126 e. The molecule has 0 spiro atoms. The van der Waals surface area contributed by atoms with Gasteiger partial charge in [-0.15, -0.1) is 0 Å². The second-order valence-electron chi connectivity index (χ2n) is 5.06. The van der Waals surface area contributed by atoms with Crippen molar-refractivity contribution in [2.75, 3.05) is 20.2 Å². The van der Waals surface area contributed by atoms with Crippen LogP contribution in [0.2, 0.25) is 0 Å². The number of benzene rings is 1. The van der Waals surface area contributed by atoms with Crippen molar-refractivity contribution in [1.82, 2.24) is 5.32 Å². The van der Waals surface area contributed by atoms with Gasteiger partial charge in [0.1, 0.15) is 11.5 Å². The lowest BCUT2D eigenvalue weighted by Gasteiger charge is -2.27. The predicted molar refractivity (Wildman–Crippen MR) is 73.6 cm³/mol. The Labute approximate surface area is 109 Å². The summed E-state index contributed by atoms with van der Waals surface area (Å²) >= 11 is 0. The van der Waals surface area contributed by atoms with E-state index in [-0.39, 0.29) is 6.10 Å². The number of methoxy groups -OCH3 is 1. The van der Waals surface area contributed by atoms with Crippen molar-refractivity contribution in [2.45, 2.75) is 38.7 Å². The molecule has 0 radical (unpaired) electrons. The molecule has 0 unspecified atom stereocenters. The predicted octanol–water partition coefficient (Wildman–Crippen LogP) is 2.95. The fourth-order valence-electron chi connectivity index (χ4n) is 2.57. The summed E-state index contributed by atoms with van der Waals surface area (Å²) in [6, 6.07) is 6.09. The fraction of sp³-hybridized carbons (Fsp3) is 0.600. The fourth-order valence-corrected chi connectivity index (χ4v) is 2.57. The van der Waals surface area contributed by atoms with Gasteiger partial charge in [-0.05, 0) is 57.8 Å². The molecule has 0 aliphatic carbocycles. The van der Waals surface area contributed by atoms with Crippen molar-refractivity contribution in [3.05, 3.63) is 23.8 Å². The van der Waals surface area contributed by atoms with E-state index in [1.54, 1.807) is 7.11 Å². The van der Waals surface area contributed by atoms with Crippen LogP contribution >= 0.6 is 0 Å². The zero-order chi connectivity index (χ0) is 13.0. The van der Waals surface area contributed by atoms with Gasteiger partial charge in [0.15, 0.2) is 0 Å². The van der Waals surface area contributed by atoms with E-state index in [1.165, 1.54) is 5.56 Å². The number of rotatable bonds is 4. The number of hydrogen-bond donors (Lipinski definition) is 1. The van der Waals surface area contributed by atoms with Gasteiger partial charge in [-0.2, -0.15) is 0 Å². The van der Waals surface area contributed by atoms with E-state index in [0.29, 0.717) is 5.92 Å². The third-order valence-corrected chi connectivity index (χ3v) is 3.36. The van der Waals surface area contributed by atoms with Gasteiger partial charge in [-0.3, -0.25) is 0 Å². The molecule has 2 rings (SSSR count). The van der Waals surface area contributed by atoms with Gasteiger partial charge in [-0.1, -0.05) is 6.07 Å². The molecule has 1 heterocycles. The zero-order valence-corrected chi connectivity index (χ0v) is 11.5. The minimum atomic E-state index is 0.192. The van der Waals surface area contributed by atoms with Crippen LogP contribution in [-0.4, -0.2) is 26.3 Å². The molecule has 1 N–H and O–H groups in total. The Morgan fingerprint density at radius 3 is 2.44 bits per heavy atom. The van der Waals surface area contributed by atoms with Crippen molar-refractivity contribution < 1.29 is 9.47 Å². The molecule has 3 heteroatoms. The Hall–Kier alpha value is -1.22. The van der Waals surface area contributed by atoms with Crippen LogP contribution in [0.3, 0.4) is 0 Å². The monoisotopic (exact) mass is 249 g/mol. The van der Waals surface area contributed by atoms with Gasteiger partial charge < -0.3 is 14.8 Å². The highest BCUT2D eigenvalue weighted by molar-refractivity contribution is 5.47. The van der Waals surface area contributed by atoms with Crippen LogP contribution in [0.25, 0.3) is 0 Å². The molecule has 1 aromatic carbocycles. The lowest BCUT2D eigenvalue weighted by Crippen LogP contribution is -2.27. The Balaban J connectivity index is 2.33. The van der Waals surface area contributed by atoms with E-state index in [1.807, 2.05) is 12.1 Å². The van der Waals surface area contributed by atoms with Gasteiger partial charge in [-0.25, -0.2) is 0 Å². The van der Waals surface area contributed by atoms with E-state index in [4.69, 9.17) is 9.47 Å². The van der Waals surface area contributed by atoms with Crippen molar-refractivity contribution in [3.8, 4) is 11.5 Å². The number of nitrogens with one attached hydrogen (secondary N) is 1. The van der Waals surface area contributed by atoms with E-state index < -0.39 is 0 Å². The van der Waals surface area contributed by atoms with Crippen LogP contribution < -0.4 is 14.8 Å². The van der Waals surface area contributed by atoms with Gasteiger partial charge >= 0.3 is 0 Å². The second kappa shape index (κ2) is 6.10. The smallest absolute Gasteiger partial charge is 0.126 e. The molecule has 1 saturated heterocycles. The van der Waals surface area contributed by atoms with Crippen LogP contribution in [0.1, 0.15) is 38.2 Å². The lowest BCUT2D eigenvalue weighted by molar-refractivity contribution is 0.235. The highest BCUT2D eigenvalue weighted by atomic mass is 16.5. The Kier molecular flexibility index (Phi) is 4.48. The number of hydrogen-bond acceptors (Lipinski definition) is 3. The van der Waals surface area contributed by atoms with E-state index in [2.05, 4.69) is 25.2 Å².